The van der Waals surface area contributed by atoms with Crippen molar-refractivity contribution < 1.29 is 4.79 Å². The fourth-order valence-electron chi connectivity index (χ4n) is 1.60. The maximum absolute atomic E-state index is 12.2. The van der Waals surface area contributed by atoms with Crippen molar-refractivity contribution >= 4 is 34.2 Å². The zero-order valence-electron chi connectivity index (χ0n) is 9.42. The van der Waals surface area contributed by atoms with E-state index >= 15 is 0 Å². The molecule has 0 aliphatic carbocycles. The van der Waals surface area contributed by atoms with Crippen molar-refractivity contribution in [3.8, 4) is 0 Å². The lowest BCUT2D eigenvalue weighted by molar-refractivity contribution is -0.121. The third kappa shape index (κ3) is 2.21. The largest absolute Gasteiger partial charge is 0.350 e. The normalized spacial score (nSPS) is 23.8. The molecule has 2 aliphatic heterocycles. The third-order valence-electron chi connectivity index (χ3n) is 2.45. The lowest BCUT2D eigenvalue weighted by atomic mass is 10.2. The Morgan fingerprint density at radius 2 is 2.29 bits per heavy atom. The van der Waals surface area contributed by atoms with Crippen LogP contribution in [0.2, 0.25) is 0 Å². The van der Waals surface area contributed by atoms with Gasteiger partial charge in [-0.15, -0.1) is 6.58 Å². The highest BCUT2D eigenvalue weighted by molar-refractivity contribution is 8.26. The number of allylic oxidation sites excluding steroid dienone is 3. The van der Waals surface area contributed by atoms with Crippen LogP contribution in [0, 0.1) is 0 Å². The van der Waals surface area contributed by atoms with Crippen LogP contribution < -0.4 is 0 Å². The van der Waals surface area contributed by atoms with Crippen LogP contribution in [0.1, 0.15) is 0 Å². The van der Waals surface area contributed by atoms with Gasteiger partial charge in [-0.05, 0) is 12.2 Å². The molecule has 0 unspecified atom stereocenters. The van der Waals surface area contributed by atoms with Crippen LogP contribution in [-0.4, -0.2) is 33.6 Å². The number of hydrogen-bond donors (Lipinski definition) is 0. The third-order valence-corrected chi connectivity index (χ3v) is 3.90. The van der Waals surface area contributed by atoms with E-state index in [1.165, 1.54) is 11.8 Å². The van der Waals surface area contributed by atoms with E-state index < -0.39 is 0 Å². The van der Waals surface area contributed by atoms with Crippen molar-refractivity contribution in [1.82, 2.24) is 9.80 Å². The van der Waals surface area contributed by atoms with Gasteiger partial charge in [0.1, 0.15) is 9.23 Å². The molecule has 0 aromatic heterocycles. The number of likely N-dealkylation sites (N-methyl/N-ethyl adjacent to an activating group) is 1. The average Bonchev–Trinajstić information content (AvgIpc) is 2.58. The quantitative estimate of drug-likeness (QED) is 0.434. The van der Waals surface area contributed by atoms with E-state index in [0.29, 0.717) is 15.8 Å². The number of thioether (sulfide) groups is 1. The molecule has 0 aromatic rings. The van der Waals surface area contributed by atoms with Crippen LogP contribution in [0.25, 0.3) is 0 Å². The fraction of sp³-hybridized carbons (Fsp3) is 0.167. The first-order valence-corrected chi connectivity index (χ1v) is 6.34. The van der Waals surface area contributed by atoms with Crippen LogP contribution in [0.4, 0.5) is 0 Å². The Bertz CT molecular complexity index is 477. The van der Waals surface area contributed by atoms with Crippen molar-refractivity contribution in [3.63, 3.8) is 0 Å². The highest BCUT2D eigenvalue weighted by Crippen LogP contribution is 2.35. The van der Waals surface area contributed by atoms with Gasteiger partial charge >= 0.3 is 0 Å². The summed E-state index contributed by atoms with van der Waals surface area (Å²) in [6, 6.07) is 0. The number of rotatable bonds is 2. The molecule has 0 bridgehead atoms. The maximum Gasteiger partial charge on any atom is 0.268 e. The molecule has 3 nitrogen and oxygen atoms in total. The second-order valence-corrected chi connectivity index (χ2v) is 5.24. The molecule has 0 aromatic carbocycles. The molecule has 2 heterocycles. The summed E-state index contributed by atoms with van der Waals surface area (Å²) < 4.78 is 0.591. The number of nitrogens with zero attached hydrogens (tertiary/aromatic N) is 2. The smallest absolute Gasteiger partial charge is 0.268 e. The monoisotopic (exact) mass is 264 g/mol. The summed E-state index contributed by atoms with van der Waals surface area (Å²) in [5.74, 6) is -0.0401. The van der Waals surface area contributed by atoms with Crippen molar-refractivity contribution in [3.05, 3.63) is 47.7 Å². The fourth-order valence-corrected chi connectivity index (χ4v) is 2.96. The van der Waals surface area contributed by atoms with Crippen LogP contribution in [-0.2, 0) is 4.79 Å². The minimum Gasteiger partial charge on any atom is -0.350 e. The number of thiocarbonyl (C=S) groups is 1. The minimum atomic E-state index is -0.0401. The molecule has 0 atom stereocenters. The first-order valence-electron chi connectivity index (χ1n) is 5.11. The van der Waals surface area contributed by atoms with Gasteiger partial charge in [0.05, 0.1) is 5.70 Å². The lowest BCUT2D eigenvalue weighted by Crippen LogP contribution is -2.28. The van der Waals surface area contributed by atoms with Gasteiger partial charge in [-0.2, -0.15) is 0 Å². The highest BCUT2D eigenvalue weighted by atomic mass is 32.2. The van der Waals surface area contributed by atoms with Gasteiger partial charge < -0.3 is 4.90 Å². The summed E-state index contributed by atoms with van der Waals surface area (Å²) in [4.78, 5) is 16.3. The molecular formula is C12H12N2OS2. The summed E-state index contributed by atoms with van der Waals surface area (Å²) in [7, 11) is 1.91. The molecule has 1 amide bonds. The van der Waals surface area contributed by atoms with Gasteiger partial charge in [0.2, 0.25) is 0 Å². The van der Waals surface area contributed by atoms with Gasteiger partial charge in [0, 0.05) is 19.8 Å². The Morgan fingerprint density at radius 1 is 1.53 bits per heavy atom. The standard InChI is InChI=1S/C12H12N2OS2/c1-3-7-14-11(15)10(17-12(14)16)9-6-4-5-8-13(9)2/h3-6,8H,1,7H2,2H3/b10-9+. The van der Waals surface area contributed by atoms with E-state index in [-0.39, 0.29) is 5.91 Å². The number of hydrogen-bond acceptors (Lipinski definition) is 4. The summed E-state index contributed by atoms with van der Waals surface area (Å²) in [5.41, 5.74) is 0.886. The molecule has 1 saturated heterocycles. The van der Waals surface area contributed by atoms with E-state index in [1.54, 1.807) is 11.0 Å². The topological polar surface area (TPSA) is 23.6 Å². The van der Waals surface area contributed by atoms with Gasteiger partial charge in [-0.1, -0.05) is 36.1 Å². The second-order valence-electron chi connectivity index (χ2n) is 3.60. The predicted octanol–water partition coefficient (Wildman–Crippen LogP) is 2.26. The first kappa shape index (κ1) is 12.1. The van der Waals surface area contributed by atoms with Gasteiger partial charge in [-0.3, -0.25) is 9.69 Å². The average molecular weight is 264 g/mol. The van der Waals surface area contributed by atoms with Crippen molar-refractivity contribution in [2.75, 3.05) is 13.6 Å². The van der Waals surface area contributed by atoms with Crippen LogP contribution >= 0.6 is 24.0 Å². The van der Waals surface area contributed by atoms with Gasteiger partial charge in [-0.25, -0.2) is 0 Å². The van der Waals surface area contributed by atoms with Crippen molar-refractivity contribution in [2.45, 2.75) is 0 Å². The molecule has 5 heteroatoms. The SMILES string of the molecule is C=CCN1C(=O)/C(=C2/C=CC=CN2C)SC1=S. The Morgan fingerprint density at radius 3 is 2.94 bits per heavy atom. The van der Waals surface area contributed by atoms with E-state index in [0.717, 1.165) is 5.70 Å². The number of amides is 1. The zero-order chi connectivity index (χ0) is 12.4. The Labute approximate surface area is 110 Å². The van der Waals surface area contributed by atoms with Crippen molar-refractivity contribution in [1.29, 1.82) is 0 Å². The highest BCUT2D eigenvalue weighted by Gasteiger charge is 2.33. The molecule has 2 rings (SSSR count). The summed E-state index contributed by atoms with van der Waals surface area (Å²) in [6.45, 7) is 4.09. The van der Waals surface area contributed by atoms with E-state index in [4.69, 9.17) is 12.2 Å². The molecule has 0 spiro atoms. The zero-order valence-corrected chi connectivity index (χ0v) is 11.1. The van der Waals surface area contributed by atoms with E-state index in [9.17, 15) is 4.79 Å². The van der Waals surface area contributed by atoms with Gasteiger partial charge in [0.15, 0.2) is 0 Å². The minimum absolute atomic E-state index is 0.0401. The summed E-state index contributed by atoms with van der Waals surface area (Å²) in [6.07, 6.45) is 9.34. The van der Waals surface area contributed by atoms with E-state index in [1.807, 2.05) is 36.4 Å². The Kier molecular flexibility index (Phi) is 3.49. The summed E-state index contributed by atoms with van der Waals surface area (Å²) >= 11 is 6.54. The van der Waals surface area contributed by atoms with Crippen molar-refractivity contribution in [2.24, 2.45) is 0 Å². The van der Waals surface area contributed by atoms with E-state index in [2.05, 4.69) is 6.58 Å². The Hall–Kier alpha value is -1.33. The second kappa shape index (κ2) is 4.89. The molecular weight excluding hydrogens is 252 g/mol. The molecule has 0 radical (unpaired) electrons. The summed E-state index contributed by atoms with van der Waals surface area (Å²) in [5, 5.41) is 0. The molecule has 17 heavy (non-hydrogen) atoms. The molecule has 0 saturated carbocycles. The number of carbonyl (C=O) groups is 1. The molecule has 0 N–H and O–H groups in total. The maximum atomic E-state index is 12.2. The first-order chi connectivity index (χ1) is 8.15. The Balaban J connectivity index is 2.36. The molecule has 1 fully saturated rings. The molecule has 2 aliphatic rings. The van der Waals surface area contributed by atoms with Crippen LogP contribution in [0.3, 0.4) is 0 Å². The lowest BCUT2D eigenvalue weighted by Gasteiger charge is -2.19. The molecule has 88 valence electrons. The predicted molar refractivity (Wildman–Crippen MR) is 75.2 cm³/mol. The van der Waals surface area contributed by atoms with Crippen LogP contribution in [0.15, 0.2) is 47.7 Å². The number of carbonyl (C=O) groups excluding carboxylic acids is 1. The van der Waals surface area contributed by atoms with Crippen LogP contribution in [0.5, 0.6) is 0 Å². The van der Waals surface area contributed by atoms with Gasteiger partial charge in [0.25, 0.3) is 5.91 Å².